The number of thiocarbonyl (C=S) groups is 1. The predicted molar refractivity (Wildman–Crippen MR) is 113 cm³/mol. The van der Waals surface area contributed by atoms with Crippen molar-refractivity contribution in [3.8, 4) is 5.75 Å². The van der Waals surface area contributed by atoms with Gasteiger partial charge in [-0.05, 0) is 30.3 Å². The van der Waals surface area contributed by atoms with Crippen LogP contribution in [0.2, 0.25) is 0 Å². The average molecular weight is 443 g/mol. The van der Waals surface area contributed by atoms with Crippen LogP contribution >= 0.6 is 39.9 Å². The highest BCUT2D eigenvalue weighted by Crippen LogP contribution is 2.40. The predicted octanol–water partition coefficient (Wildman–Crippen LogP) is 5.11. The summed E-state index contributed by atoms with van der Waals surface area (Å²) in [5, 5.41) is 10.9. The number of hydrogen-bond acceptors (Lipinski definition) is 5. The lowest BCUT2D eigenvalue weighted by Gasteiger charge is -2.17. The number of carbonyl (C=O) groups excluding carboxylic acids is 1. The van der Waals surface area contributed by atoms with Crippen LogP contribution in [0, 0.1) is 0 Å². The first-order valence-corrected chi connectivity index (χ1v) is 9.67. The first-order valence-electron chi connectivity index (χ1n) is 7.65. The highest BCUT2D eigenvalue weighted by molar-refractivity contribution is 9.10. The van der Waals surface area contributed by atoms with Crippen molar-refractivity contribution in [2.45, 2.75) is 0 Å². The minimum atomic E-state index is -0.225. The molecular weight excluding hydrogens is 432 g/mol. The number of nitrogens with zero attached hydrogens (tertiary/aromatic N) is 2. The molecule has 0 aliphatic carbocycles. The number of halogens is 1. The normalized spacial score (nSPS) is 16.0. The first-order chi connectivity index (χ1) is 12.6. The maximum absolute atomic E-state index is 13.0. The second-order valence-electron chi connectivity index (χ2n) is 5.54. The van der Waals surface area contributed by atoms with Crippen LogP contribution in [-0.4, -0.2) is 20.3 Å². The summed E-state index contributed by atoms with van der Waals surface area (Å²) in [6.45, 7) is 0. The van der Waals surface area contributed by atoms with Gasteiger partial charge < -0.3 is 5.11 Å². The van der Waals surface area contributed by atoms with E-state index in [-0.39, 0.29) is 11.7 Å². The van der Waals surface area contributed by atoms with Crippen molar-refractivity contribution in [1.82, 2.24) is 4.98 Å². The molecule has 4 nitrogen and oxygen atoms in total. The van der Waals surface area contributed by atoms with E-state index in [0.717, 1.165) is 9.86 Å². The molecule has 2 heterocycles. The number of phenolic OH excluding ortho intramolecular Hbond substituents is 1. The van der Waals surface area contributed by atoms with Crippen molar-refractivity contribution >= 4 is 72.8 Å². The first kappa shape index (κ1) is 17.2. The summed E-state index contributed by atoms with van der Waals surface area (Å²) in [4.78, 5) is 19.4. The van der Waals surface area contributed by atoms with E-state index in [1.165, 1.54) is 16.7 Å². The van der Waals surface area contributed by atoms with E-state index in [1.807, 2.05) is 24.3 Å². The molecule has 0 radical (unpaired) electrons. The Bertz CT molecular complexity index is 1100. The van der Waals surface area contributed by atoms with E-state index in [4.69, 9.17) is 12.2 Å². The molecule has 1 fully saturated rings. The standard InChI is InChI=1S/C19H11BrN2O2S2/c20-13-7-8-14(17-12(13)5-3-9-21-17)22-18(24)16(26-19(22)25)10-11-4-1-2-6-15(11)23/h1-10,23H/b16-10-. The van der Waals surface area contributed by atoms with Gasteiger partial charge in [-0.2, -0.15) is 0 Å². The minimum Gasteiger partial charge on any atom is -0.507 e. The zero-order valence-corrected chi connectivity index (χ0v) is 16.4. The lowest BCUT2D eigenvalue weighted by atomic mass is 10.1. The monoisotopic (exact) mass is 442 g/mol. The molecule has 1 amide bonds. The van der Waals surface area contributed by atoms with Crippen LogP contribution in [0.15, 0.2) is 64.1 Å². The van der Waals surface area contributed by atoms with Crippen LogP contribution in [0.25, 0.3) is 17.0 Å². The number of aromatic hydroxyl groups is 1. The molecule has 7 heteroatoms. The summed E-state index contributed by atoms with van der Waals surface area (Å²) in [6, 6.07) is 14.4. The van der Waals surface area contributed by atoms with Gasteiger partial charge in [-0.25, -0.2) is 0 Å². The van der Waals surface area contributed by atoms with Gasteiger partial charge in [0.15, 0.2) is 4.32 Å². The Kier molecular flexibility index (Phi) is 4.52. The number of hydrogen-bond donors (Lipinski definition) is 1. The van der Waals surface area contributed by atoms with E-state index in [0.29, 0.717) is 26.0 Å². The molecule has 2 aromatic carbocycles. The minimum absolute atomic E-state index is 0.119. The van der Waals surface area contributed by atoms with Crippen LogP contribution in [0.1, 0.15) is 5.56 Å². The number of phenols is 1. The highest BCUT2D eigenvalue weighted by atomic mass is 79.9. The topological polar surface area (TPSA) is 53.4 Å². The third-order valence-electron chi connectivity index (χ3n) is 3.95. The SMILES string of the molecule is O=C1/C(=C/c2ccccc2O)SC(=S)N1c1ccc(Br)c2cccnc12. The summed E-state index contributed by atoms with van der Waals surface area (Å²) < 4.78 is 1.34. The van der Waals surface area contributed by atoms with Crippen molar-refractivity contribution in [2.75, 3.05) is 4.90 Å². The van der Waals surface area contributed by atoms with Crippen LogP contribution in [0.4, 0.5) is 5.69 Å². The number of carbonyl (C=O) groups is 1. The van der Waals surface area contributed by atoms with Crippen molar-refractivity contribution < 1.29 is 9.90 Å². The van der Waals surface area contributed by atoms with Gasteiger partial charge in [0.2, 0.25) is 0 Å². The Hall–Kier alpha value is -2.22. The van der Waals surface area contributed by atoms with Crippen molar-refractivity contribution in [2.24, 2.45) is 0 Å². The van der Waals surface area contributed by atoms with Gasteiger partial charge in [0.1, 0.15) is 5.75 Å². The molecule has 3 aromatic rings. The van der Waals surface area contributed by atoms with E-state index in [2.05, 4.69) is 20.9 Å². The Labute approximate surface area is 167 Å². The zero-order valence-electron chi connectivity index (χ0n) is 13.2. The number of fused-ring (bicyclic) bond motifs is 1. The second kappa shape index (κ2) is 6.83. The molecule has 26 heavy (non-hydrogen) atoms. The Morgan fingerprint density at radius 2 is 1.96 bits per heavy atom. The summed E-state index contributed by atoms with van der Waals surface area (Å²) in [7, 11) is 0. The maximum Gasteiger partial charge on any atom is 0.270 e. The van der Waals surface area contributed by atoms with Crippen LogP contribution < -0.4 is 4.90 Å². The van der Waals surface area contributed by atoms with Crippen LogP contribution in [-0.2, 0) is 4.79 Å². The molecule has 128 valence electrons. The fourth-order valence-electron chi connectivity index (χ4n) is 2.73. The largest absolute Gasteiger partial charge is 0.507 e. The van der Waals surface area contributed by atoms with Crippen LogP contribution in [0.3, 0.4) is 0 Å². The molecule has 1 aliphatic rings. The van der Waals surface area contributed by atoms with E-state index < -0.39 is 0 Å². The molecule has 1 saturated heterocycles. The number of anilines is 1. The van der Waals surface area contributed by atoms with Gasteiger partial charge in [0, 0.05) is 21.6 Å². The summed E-state index contributed by atoms with van der Waals surface area (Å²) in [5.74, 6) is -0.106. The number of aromatic nitrogens is 1. The maximum atomic E-state index is 13.0. The van der Waals surface area contributed by atoms with Gasteiger partial charge >= 0.3 is 0 Å². The third-order valence-corrected chi connectivity index (χ3v) is 5.95. The van der Waals surface area contributed by atoms with E-state index in [9.17, 15) is 9.90 Å². The fraction of sp³-hybridized carbons (Fsp3) is 0. The molecule has 1 N–H and O–H groups in total. The molecule has 0 saturated carbocycles. The number of benzene rings is 2. The molecule has 1 aliphatic heterocycles. The Morgan fingerprint density at radius 1 is 1.15 bits per heavy atom. The quantitative estimate of drug-likeness (QED) is 0.441. The van der Waals surface area contributed by atoms with Crippen molar-refractivity contribution in [3.63, 3.8) is 0 Å². The molecule has 1 aromatic heterocycles. The van der Waals surface area contributed by atoms with Crippen molar-refractivity contribution in [1.29, 1.82) is 0 Å². The number of pyridine rings is 1. The summed E-state index contributed by atoms with van der Waals surface area (Å²) in [6.07, 6.45) is 3.34. The molecule has 0 unspecified atom stereocenters. The van der Waals surface area contributed by atoms with Crippen molar-refractivity contribution in [3.05, 3.63) is 69.7 Å². The zero-order chi connectivity index (χ0) is 18.3. The summed E-state index contributed by atoms with van der Waals surface area (Å²) in [5.41, 5.74) is 1.92. The number of para-hydroxylation sites is 1. The van der Waals surface area contributed by atoms with E-state index >= 15 is 0 Å². The number of rotatable bonds is 2. The molecule has 4 rings (SSSR count). The lowest BCUT2D eigenvalue weighted by Crippen LogP contribution is -2.27. The highest BCUT2D eigenvalue weighted by Gasteiger charge is 2.34. The lowest BCUT2D eigenvalue weighted by molar-refractivity contribution is -0.113. The number of thioether (sulfide) groups is 1. The Balaban J connectivity index is 1.80. The van der Waals surface area contributed by atoms with Gasteiger partial charge in [0.05, 0.1) is 16.1 Å². The smallest absolute Gasteiger partial charge is 0.270 e. The van der Waals surface area contributed by atoms with Gasteiger partial charge in [-0.3, -0.25) is 14.7 Å². The second-order valence-corrected chi connectivity index (χ2v) is 8.07. The third kappa shape index (κ3) is 2.92. The van der Waals surface area contributed by atoms with Gasteiger partial charge in [-0.15, -0.1) is 0 Å². The average Bonchev–Trinajstić information content (AvgIpc) is 2.92. The fourth-order valence-corrected chi connectivity index (χ4v) is 4.46. The van der Waals surface area contributed by atoms with Crippen LogP contribution in [0.5, 0.6) is 5.75 Å². The molecule has 0 atom stereocenters. The Morgan fingerprint density at radius 3 is 2.77 bits per heavy atom. The molecular formula is C19H11BrN2O2S2. The van der Waals surface area contributed by atoms with Gasteiger partial charge in [-0.1, -0.05) is 64.2 Å². The van der Waals surface area contributed by atoms with Gasteiger partial charge in [0.25, 0.3) is 5.91 Å². The summed E-state index contributed by atoms with van der Waals surface area (Å²) >= 11 is 10.2. The number of amides is 1. The molecule has 0 bridgehead atoms. The van der Waals surface area contributed by atoms with E-state index in [1.54, 1.807) is 36.5 Å². The molecule has 0 spiro atoms.